The number of para-hydroxylation sites is 1. The Bertz CT molecular complexity index is 1090. The molecule has 0 spiro atoms. The van der Waals surface area contributed by atoms with Crippen LogP contribution in [0.25, 0.3) is 0 Å². The molecule has 0 aliphatic carbocycles. The number of rotatable bonds is 12. The van der Waals surface area contributed by atoms with Gasteiger partial charge in [0, 0.05) is 12.2 Å². The molecule has 1 atom stereocenters. The molecule has 0 bridgehead atoms. The number of nitrogens with one attached hydrogen (secondary N) is 2. The van der Waals surface area contributed by atoms with Gasteiger partial charge in [0.1, 0.15) is 18.2 Å². The Morgan fingerprint density at radius 1 is 0.921 bits per heavy atom. The third kappa shape index (κ3) is 9.84. The second-order valence-corrected chi connectivity index (χ2v) is 10.9. The van der Waals surface area contributed by atoms with Crippen LogP contribution in [0.5, 0.6) is 0 Å². The number of unbranched alkanes of at least 4 members (excludes halogenated alkanes) is 4. The van der Waals surface area contributed by atoms with Gasteiger partial charge in [0.25, 0.3) is 5.91 Å². The summed E-state index contributed by atoms with van der Waals surface area (Å²) in [6.45, 7) is 13.5. The Balaban J connectivity index is 2.41. The first-order chi connectivity index (χ1) is 17.9. The van der Waals surface area contributed by atoms with Crippen molar-refractivity contribution in [3.05, 3.63) is 64.7 Å². The highest BCUT2D eigenvalue weighted by atomic mass is 16.6. The van der Waals surface area contributed by atoms with Crippen molar-refractivity contribution < 1.29 is 19.1 Å². The second-order valence-electron chi connectivity index (χ2n) is 10.9. The van der Waals surface area contributed by atoms with Crippen molar-refractivity contribution in [1.82, 2.24) is 10.2 Å². The van der Waals surface area contributed by atoms with Crippen LogP contribution < -0.4 is 10.6 Å². The van der Waals surface area contributed by atoms with E-state index in [2.05, 4.69) is 17.6 Å². The van der Waals surface area contributed by atoms with Crippen LogP contribution >= 0.6 is 0 Å². The van der Waals surface area contributed by atoms with E-state index in [1.54, 1.807) is 25.7 Å². The highest BCUT2D eigenvalue weighted by molar-refractivity contribution is 5.99. The fraction of sp³-hybridized carbons (Fsp3) is 0.516. The number of ether oxygens (including phenoxy) is 1. The predicted molar refractivity (Wildman–Crippen MR) is 153 cm³/mol. The molecule has 38 heavy (non-hydrogen) atoms. The highest BCUT2D eigenvalue weighted by Gasteiger charge is 2.33. The maximum atomic E-state index is 13.9. The summed E-state index contributed by atoms with van der Waals surface area (Å²) < 4.78 is 5.31. The lowest BCUT2D eigenvalue weighted by Gasteiger charge is -2.33. The maximum Gasteiger partial charge on any atom is 0.408 e. The molecule has 7 heteroatoms. The van der Waals surface area contributed by atoms with Crippen LogP contribution in [-0.2, 0) is 14.3 Å². The van der Waals surface area contributed by atoms with Crippen LogP contribution in [0.3, 0.4) is 0 Å². The van der Waals surface area contributed by atoms with E-state index in [9.17, 15) is 14.4 Å². The van der Waals surface area contributed by atoms with E-state index < -0.39 is 17.7 Å². The van der Waals surface area contributed by atoms with Gasteiger partial charge in [-0.15, -0.1) is 0 Å². The van der Waals surface area contributed by atoms with E-state index in [4.69, 9.17) is 4.74 Å². The van der Waals surface area contributed by atoms with Gasteiger partial charge in [0.2, 0.25) is 5.91 Å². The molecule has 2 rings (SSSR count). The third-order valence-electron chi connectivity index (χ3n) is 6.30. The summed E-state index contributed by atoms with van der Waals surface area (Å²) in [5.41, 5.74) is 3.65. The third-order valence-corrected chi connectivity index (χ3v) is 6.30. The minimum absolute atomic E-state index is 0.261. The Hall–Kier alpha value is -3.35. The first kappa shape index (κ1) is 30.9. The summed E-state index contributed by atoms with van der Waals surface area (Å²) in [5, 5.41) is 5.63. The van der Waals surface area contributed by atoms with Crippen LogP contribution in [0.4, 0.5) is 10.5 Å². The van der Waals surface area contributed by atoms with Gasteiger partial charge >= 0.3 is 6.09 Å². The molecule has 0 aromatic heterocycles. The minimum Gasteiger partial charge on any atom is -0.444 e. The number of amides is 3. The van der Waals surface area contributed by atoms with E-state index in [1.807, 2.05) is 63.2 Å². The van der Waals surface area contributed by atoms with Gasteiger partial charge in [-0.05, 0) is 70.7 Å². The van der Waals surface area contributed by atoms with Crippen molar-refractivity contribution in [2.45, 2.75) is 92.2 Å². The SMILES string of the molecule is CCCCCCCN(C(=O)CNC(=O)OC(C)(C)C)C(C(=O)Nc1ccccc1C)c1cc(C)ccc1C. The van der Waals surface area contributed by atoms with Crippen LogP contribution in [0.15, 0.2) is 42.5 Å². The first-order valence-electron chi connectivity index (χ1n) is 13.6. The van der Waals surface area contributed by atoms with E-state index in [-0.39, 0.29) is 18.4 Å². The molecule has 208 valence electrons. The minimum atomic E-state index is -0.853. The van der Waals surface area contributed by atoms with Gasteiger partial charge in [-0.1, -0.05) is 74.6 Å². The van der Waals surface area contributed by atoms with Crippen molar-refractivity contribution in [1.29, 1.82) is 0 Å². The average Bonchev–Trinajstić information content (AvgIpc) is 2.84. The Morgan fingerprint density at radius 2 is 1.61 bits per heavy atom. The smallest absolute Gasteiger partial charge is 0.408 e. The molecule has 2 N–H and O–H groups in total. The molecule has 0 aliphatic heterocycles. The van der Waals surface area contributed by atoms with Crippen molar-refractivity contribution in [2.75, 3.05) is 18.4 Å². The van der Waals surface area contributed by atoms with Gasteiger partial charge in [-0.3, -0.25) is 9.59 Å². The lowest BCUT2D eigenvalue weighted by atomic mass is 9.96. The molecule has 0 aliphatic rings. The zero-order valence-electron chi connectivity index (χ0n) is 24.1. The zero-order valence-corrected chi connectivity index (χ0v) is 24.1. The van der Waals surface area contributed by atoms with E-state index >= 15 is 0 Å². The fourth-order valence-corrected chi connectivity index (χ4v) is 4.27. The number of carbonyl (C=O) groups is 3. The van der Waals surface area contributed by atoms with E-state index in [0.717, 1.165) is 54.4 Å². The average molecular weight is 524 g/mol. The maximum absolute atomic E-state index is 13.9. The number of nitrogens with zero attached hydrogens (tertiary/aromatic N) is 1. The molecule has 0 saturated heterocycles. The van der Waals surface area contributed by atoms with Gasteiger partial charge in [-0.25, -0.2) is 4.79 Å². The molecule has 0 saturated carbocycles. The fourth-order valence-electron chi connectivity index (χ4n) is 4.27. The summed E-state index contributed by atoms with van der Waals surface area (Å²) in [7, 11) is 0. The summed E-state index contributed by atoms with van der Waals surface area (Å²) in [6.07, 6.45) is 4.36. The summed E-state index contributed by atoms with van der Waals surface area (Å²) in [4.78, 5) is 41.5. The Morgan fingerprint density at radius 3 is 2.26 bits per heavy atom. The second kappa shape index (κ2) is 14.6. The topological polar surface area (TPSA) is 87.7 Å². The van der Waals surface area contributed by atoms with Gasteiger partial charge in [-0.2, -0.15) is 0 Å². The van der Waals surface area contributed by atoms with Crippen LogP contribution in [0.2, 0.25) is 0 Å². The molecule has 3 amide bonds. The normalized spacial score (nSPS) is 12.0. The van der Waals surface area contributed by atoms with Crippen molar-refractivity contribution >= 4 is 23.6 Å². The van der Waals surface area contributed by atoms with Crippen molar-refractivity contribution in [3.63, 3.8) is 0 Å². The van der Waals surface area contributed by atoms with Crippen molar-refractivity contribution in [3.8, 4) is 0 Å². The molecular weight excluding hydrogens is 478 g/mol. The molecule has 1 unspecified atom stereocenters. The van der Waals surface area contributed by atoms with Gasteiger partial charge in [0.05, 0.1) is 0 Å². The number of benzene rings is 2. The van der Waals surface area contributed by atoms with Gasteiger partial charge < -0.3 is 20.3 Å². The quantitative estimate of drug-likeness (QED) is 0.306. The Labute approximate surface area is 228 Å². The number of hydrogen-bond acceptors (Lipinski definition) is 4. The van der Waals surface area contributed by atoms with Crippen LogP contribution in [0, 0.1) is 20.8 Å². The molecule has 7 nitrogen and oxygen atoms in total. The molecule has 0 heterocycles. The number of carbonyl (C=O) groups excluding carboxylic acids is 3. The molecule has 0 radical (unpaired) electrons. The van der Waals surface area contributed by atoms with Crippen molar-refractivity contribution in [2.24, 2.45) is 0 Å². The predicted octanol–water partition coefficient (Wildman–Crippen LogP) is 6.62. The number of anilines is 1. The first-order valence-corrected chi connectivity index (χ1v) is 13.6. The van der Waals surface area contributed by atoms with Crippen LogP contribution in [0.1, 0.15) is 88.1 Å². The summed E-state index contributed by atoms with van der Waals surface area (Å²) in [5.74, 6) is -0.621. The number of alkyl carbamates (subject to hydrolysis) is 1. The molecule has 2 aromatic carbocycles. The van der Waals surface area contributed by atoms with E-state index in [0.29, 0.717) is 12.2 Å². The highest BCUT2D eigenvalue weighted by Crippen LogP contribution is 2.28. The van der Waals surface area contributed by atoms with E-state index in [1.165, 1.54) is 0 Å². The summed E-state index contributed by atoms with van der Waals surface area (Å²) >= 11 is 0. The summed E-state index contributed by atoms with van der Waals surface area (Å²) in [6, 6.07) is 12.7. The Kier molecular flexibility index (Phi) is 11.8. The molecule has 0 fully saturated rings. The lowest BCUT2D eigenvalue weighted by molar-refractivity contribution is -0.138. The number of hydrogen-bond donors (Lipinski definition) is 2. The molecule has 2 aromatic rings. The zero-order chi connectivity index (χ0) is 28.3. The van der Waals surface area contributed by atoms with Crippen LogP contribution in [-0.4, -0.2) is 41.5 Å². The standard InChI is InChI=1S/C31H45N3O4/c1-8-9-10-11-14-19-34(27(35)21-32-30(37)38-31(5,6)7)28(25-20-22(2)17-18-23(25)3)29(36)33-26-16-13-12-15-24(26)4/h12-13,15-18,20,28H,8-11,14,19,21H2,1-7H3,(H,32,37)(H,33,36). The van der Waals surface area contributed by atoms with Gasteiger partial charge in [0.15, 0.2) is 0 Å². The molecular formula is C31H45N3O4. The largest absolute Gasteiger partial charge is 0.444 e. The monoisotopic (exact) mass is 523 g/mol. The number of aryl methyl sites for hydroxylation is 3. The lowest BCUT2D eigenvalue weighted by Crippen LogP contribution is -2.47.